The van der Waals surface area contributed by atoms with E-state index in [9.17, 15) is 30.0 Å². The number of ketones is 2. The Bertz CT molecular complexity index is 1240. The third kappa shape index (κ3) is 4.36. The van der Waals surface area contributed by atoms with Crippen LogP contribution in [0.3, 0.4) is 0 Å². The lowest BCUT2D eigenvalue weighted by atomic mass is 9.55. The zero-order valence-corrected chi connectivity index (χ0v) is 22.4. The van der Waals surface area contributed by atoms with Crippen LogP contribution < -0.4 is 0 Å². The number of phenols is 2. The summed E-state index contributed by atoms with van der Waals surface area (Å²) < 4.78 is 0. The number of hydrogen-bond acceptors (Lipinski definition) is 6. The molecular weight excluding hydrogens is 480 g/mol. The molecule has 0 saturated heterocycles. The lowest BCUT2D eigenvalue weighted by molar-refractivity contribution is -0.135. The average Bonchev–Trinajstić information content (AvgIpc) is 2.90. The van der Waals surface area contributed by atoms with E-state index in [0.717, 1.165) is 38.5 Å². The average molecular weight is 521 g/mol. The second-order valence-corrected chi connectivity index (χ2v) is 12.0. The number of aromatic hydroxyl groups is 2. The number of aliphatic hydroxyl groups is 2. The first kappa shape index (κ1) is 26.9. The number of aliphatic hydroxyl groups excluding tert-OH is 2. The summed E-state index contributed by atoms with van der Waals surface area (Å²) in [6.07, 6.45) is 6.11. The molecule has 4 aliphatic rings. The summed E-state index contributed by atoms with van der Waals surface area (Å²) in [6, 6.07) is 11.1. The van der Waals surface area contributed by atoms with Gasteiger partial charge in [-0.2, -0.15) is 0 Å². The van der Waals surface area contributed by atoms with Crippen LogP contribution in [0.25, 0.3) is 0 Å². The molecular formula is C32H40O6. The van der Waals surface area contributed by atoms with E-state index in [1.165, 1.54) is 22.3 Å². The number of carbonyl (C=O) groups excluding carboxylic acids is 2. The highest BCUT2D eigenvalue weighted by Gasteiger charge is 2.50. The predicted octanol–water partition coefficient (Wildman–Crippen LogP) is 4.65. The summed E-state index contributed by atoms with van der Waals surface area (Å²) in [5.74, 6) is 1.28. The molecule has 6 rings (SSSR count). The van der Waals surface area contributed by atoms with Crippen molar-refractivity contribution in [3.8, 4) is 11.5 Å². The van der Waals surface area contributed by atoms with E-state index in [-0.39, 0.29) is 22.4 Å². The number of Topliss-reactive ketones (excluding diaryl/α,β-unsaturated/α-hetero) is 2. The molecule has 2 aromatic rings. The van der Waals surface area contributed by atoms with Gasteiger partial charge in [-0.25, -0.2) is 0 Å². The highest BCUT2D eigenvalue weighted by molar-refractivity contribution is 5.86. The van der Waals surface area contributed by atoms with Crippen molar-refractivity contribution in [2.24, 2.45) is 11.8 Å². The van der Waals surface area contributed by atoms with Crippen LogP contribution in [0.4, 0.5) is 0 Å². The van der Waals surface area contributed by atoms with Crippen molar-refractivity contribution >= 4 is 11.6 Å². The Morgan fingerprint density at radius 3 is 1.89 bits per heavy atom. The Hall–Kier alpha value is -2.70. The summed E-state index contributed by atoms with van der Waals surface area (Å²) >= 11 is 0. The van der Waals surface area contributed by atoms with Crippen LogP contribution in [-0.4, -0.2) is 44.2 Å². The summed E-state index contributed by atoms with van der Waals surface area (Å²) in [7, 11) is 0. The minimum Gasteiger partial charge on any atom is -0.508 e. The topological polar surface area (TPSA) is 115 Å². The molecule has 0 aromatic heterocycles. The Kier molecular flexibility index (Phi) is 7.16. The molecule has 0 spiro atoms. The lowest BCUT2D eigenvalue weighted by Crippen LogP contribution is -2.49. The van der Waals surface area contributed by atoms with Gasteiger partial charge in [0.15, 0.2) is 11.6 Å². The molecule has 0 unspecified atom stereocenters. The Balaban J connectivity index is 0.000000155. The van der Waals surface area contributed by atoms with Gasteiger partial charge in [0.25, 0.3) is 0 Å². The normalized spacial score (nSPS) is 33.7. The second-order valence-electron chi connectivity index (χ2n) is 12.0. The van der Waals surface area contributed by atoms with E-state index in [1.807, 2.05) is 24.3 Å². The third-order valence-electron chi connectivity index (χ3n) is 10.3. The van der Waals surface area contributed by atoms with Crippen LogP contribution in [0.15, 0.2) is 36.4 Å². The molecule has 6 heteroatoms. The molecule has 0 radical (unpaired) electrons. The molecule has 38 heavy (non-hydrogen) atoms. The molecule has 6 nitrogen and oxygen atoms in total. The number of fused-ring (bicyclic) bond motifs is 6. The minimum atomic E-state index is -0.823. The van der Waals surface area contributed by atoms with Crippen LogP contribution in [0.1, 0.15) is 87.5 Å². The first-order valence-electron chi connectivity index (χ1n) is 14.2. The number of hydrogen-bond donors (Lipinski definition) is 4. The molecule has 2 aromatic carbocycles. The Labute approximate surface area is 224 Å². The quantitative estimate of drug-likeness (QED) is 0.458. The van der Waals surface area contributed by atoms with E-state index in [4.69, 9.17) is 0 Å². The number of phenolic OH excluding ortho intramolecular Hbond substituents is 2. The Morgan fingerprint density at radius 1 is 0.763 bits per heavy atom. The molecule has 6 atom stereocenters. The maximum atomic E-state index is 12.0. The van der Waals surface area contributed by atoms with E-state index in [2.05, 4.69) is 13.8 Å². The van der Waals surface area contributed by atoms with Gasteiger partial charge in [0.05, 0.1) is 0 Å². The van der Waals surface area contributed by atoms with Gasteiger partial charge in [0.2, 0.25) is 0 Å². The van der Waals surface area contributed by atoms with E-state index in [0.29, 0.717) is 49.0 Å². The highest BCUT2D eigenvalue weighted by Crippen LogP contribution is 2.53. The summed E-state index contributed by atoms with van der Waals surface area (Å²) in [6.45, 7) is 4.26. The van der Waals surface area contributed by atoms with E-state index in [1.54, 1.807) is 12.1 Å². The molecule has 204 valence electrons. The summed E-state index contributed by atoms with van der Waals surface area (Å²) in [5.41, 5.74) is 4.58. The van der Waals surface area contributed by atoms with Crippen LogP contribution in [0, 0.1) is 11.8 Å². The first-order valence-corrected chi connectivity index (χ1v) is 14.2. The molecule has 0 heterocycles. The molecule has 0 aliphatic heterocycles. The van der Waals surface area contributed by atoms with Crippen LogP contribution in [-0.2, 0) is 33.3 Å². The Morgan fingerprint density at radius 2 is 1.32 bits per heavy atom. The van der Waals surface area contributed by atoms with Crippen LogP contribution >= 0.6 is 0 Å². The maximum absolute atomic E-state index is 12.0. The second kappa shape index (κ2) is 10.1. The molecule has 0 amide bonds. The number of carbonyl (C=O) groups is 2. The standard InChI is InChI=1S/2C16H20O3/c2*1-2-16-9-15(19)14(18)8-11(16)4-3-10-7-12(17)5-6-13(10)16/h5-7,11,15,17,19H,2-4,8-9H2,1H3;5-7,11,14,17-18H,2-4,8-9H2,1H3/t11-,15+,16-;11-,14+,16-/m11/s1. The smallest absolute Gasteiger partial charge is 0.162 e. The van der Waals surface area contributed by atoms with Gasteiger partial charge in [-0.05, 0) is 110 Å². The van der Waals surface area contributed by atoms with Gasteiger partial charge >= 0.3 is 0 Å². The van der Waals surface area contributed by atoms with Crippen molar-refractivity contribution in [3.63, 3.8) is 0 Å². The highest BCUT2D eigenvalue weighted by atomic mass is 16.3. The van der Waals surface area contributed by atoms with Crippen molar-refractivity contribution < 1.29 is 30.0 Å². The number of rotatable bonds is 2. The fraction of sp³-hybridized carbons (Fsp3) is 0.562. The SMILES string of the molecule is CC[C@@]12CC(=O)[C@@H](O)C[C@H]1CCc1cc(O)ccc12.CC[C@@]12C[C@H](O)C(=O)C[C@H]1CCc1cc(O)ccc12. The van der Waals surface area contributed by atoms with E-state index >= 15 is 0 Å². The molecule has 4 N–H and O–H groups in total. The van der Waals surface area contributed by atoms with Crippen LogP contribution in [0.2, 0.25) is 0 Å². The van der Waals surface area contributed by atoms with Crippen molar-refractivity contribution in [1.82, 2.24) is 0 Å². The number of aryl methyl sites for hydroxylation is 2. The zero-order valence-electron chi connectivity index (χ0n) is 22.4. The van der Waals surface area contributed by atoms with Gasteiger partial charge in [0, 0.05) is 23.7 Å². The van der Waals surface area contributed by atoms with Gasteiger partial charge in [-0.1, -0.05) is 26.0 Å². The third-order valence-corrected chi connectivity index (χ3v) is 10.3. The molecule has 2 saturated carbocycles. The van der Waals surface area contributed by atoms with Gasteiger partial charge < -0.3 is 20.4 Å². The van der Waals surface area contributed by atoms with Gasteiger partial charge in [-0.15, -0.1) is 0 Å². The van der Waals surface area contributed by atoms with Crippen molar-refractivity contribution in [3.05, 3.63) is 58.7 Å². The molecule has 0 bridgehead atoms. The van der Waals surface area contributed by atoms with Crippen molar-refractivity contribution in [1.29, 1.82) is 0 Å². The van der Waals surface area contributed by atoms with Gasteiger partial charge in [0.1, 0.15) is 23.7 Å². The maximum Gasteiger partial charge on any atom is 0.162 e. The predicted molar refractivity (Wildman–Crippen MR) is 144 cm³/mol. The monoisotopic (exact) mass is 520 g/mol. The van der Waals surface area contributed by atoms with Crippen molar-refractivity contribution in [2.45, 2.75) is 101 Å². The fourth-order valence-corrected chi connectivity index (χ4v) is 8.25. The van der Waals surface area contributed by atoms with Gasteiger partial charge in [-0.3, -0.25) is 9.59 Å². The molecule has 2 fully saturated rings. The number of benzene rings is 2. The largest absolute Gasteiger partial charge is 0.508 e. The zero-order chi connectivity index (χ0) is 27.2. The minimum absolute atomic E-state index is 0.00342. The summed E-state index contributed by atoms with van der Waals surface area (Å²) in [4.78, 5) is 23.8. The first-order chi connectivity index (χ1) is 18.1. The molecule has 4 aliphatic carbocycles. The lowest BCUT2D eigenvalue weighted by Gasteiger charge is -2.49. The van der Waals surface area contributed by atoms with Crippen molar-refractivity contribution in [2.75, 3.05) is 0 Å². The van der Waals surface area contributed by atoms with Crippen LogP contribution in [0.5, 0.6) is 11.5 Å². The van der Waals surface area contributed by atoms with E-state index < -0.39 is 12.2 Å². The fourth-order valence-electron chi connectivity index (χ4n) is 8.25. The summed E-state index contributed by atoms with van der Waals surface area (Å²) in [5, 5.41) is 39.1.